The van der Waals surface area contributed by atoms with Gasteiger partial charge in [0, 0.05) is 6.42 Å². The number of primary amides is 1. The molecule has 0 aromatic heterocycles. The molecule has 0 aromatic rings. The second-order valence-electron chi connectivity index (χ2n) is 3.22. The zero-order chi connectivity index (χ0) is 8.10. The maximum atomic E-state index is 10.4. The molecule has 1 aliphatic rings. The van der Waals surface area contributed by atoms with Crippen molar-refractivity contribution in [2.24, 2.45) is 11.7 Å². The van der Waals surface area contributed by atoms with E-state index in [1.165, 1.54) is 12.8 Å². The predicted octanol–water partition coefficient (Wildman–Crippen LogP) is 0.251. The van der Waals surface area contributed by atoms with Crippen LogP contribution in [0.5, 0.6) is 0 Å². The Hall–Kier alpha value is -0.570. The summed E-state index contributed by atoms with van der Waals surface area (Å²) in [5.41, 5.74) is 5.05. The number of hydrogen-bond acceptors (Lipinski definition) is 2. The van der Waals surface area contributed by atoms with Crippen molar-refractivity contribution in [3.05, 3.63) is 0 Å². The Labute approximate surface area is 67.3 Å². The quantitative estimate of drug-likeness (QED) is 0.615. The fraction of sp³-hybridized carbons (Fsp3) is 0.875. The largest absolute Gasteiger partial charge is 0.370 e. The van der Waals surface area contributed by atoms with Crippen LogP contribution < -0.4 is 11.1 Å². The van der Waals surface area contributed by atoms with E-state index in [1.54, 1.807) is 0 Å². The summed E-state index contributed by atoms with van der Waals surface area (Å²) in [4.78, 5) is 10.4. The van der Waals surface area contributed by atoms with Gasteiger partial charge in [0.05, 0.1) is 0 Å². The zero-order valence-corrected chi connectivity index (χ0v) is 6.81. The molecule has 1 rings (SSSR count). The van der Waals surface area contributed by atoms with E-state index in [1.807, 2.05) is 0 Å². The number of nitrogens with one attached hydrogen (secondary N) is 1. The van der Waals surface area contributed by atoms with Crippen LogP contribution in [0.1, 0.15) is 25.7 Å². The molecule has 64 valence electrons. The number of amides is 1. The van der Waals surface area contributed by atoms with Gasteiger partial charge < -0.3 is 11.1 Å². The van der Waals surface area contributed by atoms with Gasteiger partial charge in [-0.25, -0.2) is 0 Å². The van der Waals surface area contributed by atoms with E-state index < -0.39 is 0 Å². The topological polar surface area (TPSA) is 55.1 Å². The van der Waals surface area contributed by atoms with Gasteiger partial charge in [-0.15, -0.1) is 0 Å². The van der Waals surface area contributed by atoms with Gasteiger partial charge in [-0.05, 0) is 38.3 Å². The van der Waals surface area contributed by atoms with Crippen LogP contribution in [-0.4, -0.2) is 19.0 Å². The van der Waals surface area contributed by atoms with Gasteiger partial charge in [0.25, 0.3) is 0 Å². The summed E-state index contributed by atoms with van der Waals surface area (Å²) in [5.74, 6) is 0.506. The fourth-order valence-electron chi connectivity index (χ4n) is 1.52. The van der Waals surface area contributed by atoms with Crippen LogP contribution >= 0.6 is 0 Å². The monoisotopic (exact) mass is 156 g/mol. The lowest BCUT2D eigenvalue weighted by atomic mass is 9.95. The molecule has 1 atom stereocenters. The minimum Gasteiger partial charge on any atom is -0.370 e. The maximum absolute atomic E-state index is 10.4. The maximum Gasteiger partial charge on any atom is 0.217 e. The van der Waals surface area contributed by atoms with Crippen molar-refractivity contribution in [3.63, 3.8) is 0 Å². The summed E-state index contributed by atoms with van der Waals surface area (Å²) in [6, 6.07) is 0. The lowest BCUT2D eigenvalue weighted by Gasteiger charge is -2.21. The van der Waals surface area contributed by atoms with Gasteiger partial charge in [0.1, 0.15) is 0 Å². The average molecular weight is 156 g/mol. The third-order valence-corrected chi connectivity index (χ3v) is 2.20. The molecule has 1 amide bonds. The van der Waals surface area contributed by atoms with Crippen molar-refractivity contribution in [1.29, 1.82) is 0 Å². The molecule has 0 spiro atoms. The van der Waals surface area contributed by atoms with Gasteiger partial charge >= 0.3 is 0 Å². The number of rotatable bonds is 3. The van der Waals surface area contributed by atoms with E-state index in [0.717, 1.165) is 19.5 Å². The van der Waals surface area contributed by atoms with E-state index in [2.05, 4.69) is 5.32 Å². The van der Waals surface area contributed by atoms with Crippen LogP contribution in [0.2, 0.25) is 0 Å². The highest BCUT2D eigenvalue weighted by Crippen LogP contribution is 2.15. The second-order valence-corrected chi connectivity index (χ2v) is 3.22. The van der Waals surface area contributed by atoms with E-state index in [9.17, 15) is 4.79 Å². The van der Waals surface area contributed by atoms with Gasteiger partial charge in [0.15, 0.2) is 0 Å². The zero-order valence-electron chi connectivity index (χ0n) is 6.81. The first-order valence-corrected chi connectivity index (χ1v) is 4.28. The van der Waals surface area contributed by atoms with Crippen LogP contribution in [0.15, 0.2) is 0 Å². The highest BCUT2D eigenvalue weighted by Gasteiger charge is 2.12. The van der Waals surface area contributed by atoms with Crippen LogP contribution in [0.3, 0.4) is 0 Å². The van der Waals surface area contributed by atoms with Gasteiger partial charge in [-0.1, -0.05) is 0 Å². The van der Waals surface area contributed by atoms with Crippen molar-refractivity contribution in [2.75, 3.05) is 13.1 Å². The van der Waals surface area contributed by atoms with Crippen LogP contribution in [0.25, 0.3) is 0 Å². The first kappa shape index (κ1) is 8.53. The standard InChI is InChI=1S/C8H16N2O/c9-8(11)4-3-7-2-1-5-10-6-7/h7,10H,1-6H2,(H2,9,11)/t7-/m1/s1. The van der Waals surface area contributed by atoms with Gasteiger partial charge in [-0.2, -0.15) is 0 Å². The summed E-state index contributed by atoms with van der Waals surface area (Å²) in [5, 5.41) is 3.31. The van der Waals surface area contributed by atoms with E-state index >= 15 is 0 Å². The molecule has 0 aliphatic carbocycles. The third-order valence-electron chi connectivity index (χ3n) is 2.20. The van der Waals surface area contributed by atoms with Crippen LogP contribution in [0.4, 0.5) is 0 Å². The summed E-state index contributed by atoms with van der Waals surface area (Å²) >= 11 is 0. The number of carbonyl (C=O) groups is 1. The molecule has 3 nitrogen and oxygen atoms in total. The lowest BCUT2D eigenvalue weighted by Crippen LogP contribution is -2.30. The normalized spacial score (nSPS) is 24.9. The Morgan fingerprint density at radius 1 is 1.64 bits per heavy atom. The average Bonchev–Trinajstić information content (AvgIpc) is 2.03. The van der Waals surface area contributed by atoms with E-state index in [-0.39, 0.29) is 5.91 Å². The van der Waals surface area contributed by atoms with Crippen molar-refractivity contribution >= 4 is 5.91 Å². The molecule has 1 fully saturated rings. The van der Waals surface area contributed by atoms with Crippen molar-refractivity contribution < 1.29 is 4.79 Å². The summed E-state index contributed by atoms with van der Waals surface area (Å²) in [7, 11) is 0. The van der Waals surface area contributed by atoms with Crippen LogP contribution in [0, 0.1) is 5.92 Å². The summed E-state index contributed by atoms with van der Waals surface area (Å²) in [6.45, 7) is 2.19. The van der Waals surface area contributed by atoms with Gasteiger partial charge in [0.2, 0.25) is 5.91 Å². The molecular weight excluding hydrogens is 140 g/mol. The number of piperidine rings is 1. The van der Waals surface area contributed by atoms with Crippen molar-refractivity contribution in [1.82, 2.24) is 5.32 Å². The number of hydrogen-bond donors (Lipinski definition) is 2. The minimum absolute atomic E-state index is 0.171. The molecular formula is C8H16N2O. The highest BCUT2D eigenvalue weighted by molar-refractivity contribution is 5.73. The summed E-state index contributed by atoms with van der Waals surface area (Å²) < 4.78 is 0. The molecule has 3 heteroatoms. The molecule has 0 unspecified atom stereocenters. The Kier molecular flexibility index (Phi) is 3.36. The van der Waals surface area contributed by atoms with Crippen molar-refractivity contribution in [3.8, 4) is 0 Å². The van der Waals surface area contributed by atoms with Crippen molar-refractivity contribution in [2.45, 2.75) is 25.7 Å². The number of carbonyl (C=O) groups excluding carboxylic acids is 1. The highest BCUT2D eigenvalue weighted by atomic mass is 16.1. The molecule has 0 radical (unpaired) electrons. The number of nitrogens with two attached hydrogens (primary N) is 1. The molecule has 3 N–H and O–H groups in total. The Morgan fingerprint density at radius 3 is 3.00 bits per heavy atom. The minimum atomic E-state index is -0.171. The predicted molar refractivity (Wildman–Crippen MR) is 44.0 cm³/mol. The SMILES string of the molecule is NC(=O)CC[C@H]1CCCNC1. The van der Waals surface area contributed by atoms with Gasteiger partial charge in [-0.3, -0.25) is 4.79 Å². The Bertz CT molecular complexity index is 130. The molecule has 0 aromatic carbocycles. The molecule has 1 aliphatic heterocycles. The first-order chi connectivity index (χ1) is 5.29. The molecule has 1 heterocycles. The molecule has 0 bridgehead atoms. The molecule has 1 saturated heterocycles. The Morgan fingerprint density at radius 2 is 2.45 bits per heavy atom. The fourth-order valence-corrected chi connectivity index (χ4v) is 1.52. The lowest BCUT2D eigenvalue weighted by molar-refractivity contribution is -0.118. The summed E-state index contributed by atoms with van der Waals surface area (Å²) in [6.07, 6.45) is 4.00. The van der Waals surface area contributed by atoms with E-state index in [0.29, 0.717) is 12.3 Å². The Balaban J connectivity index is 2.09. The van der Waals surface area contributed by atoms with Crippen LogP contribution in [-0.2, 0) is 4.79 Å². The third kappa shape index (κ3) is 3.37. The molecule has 0 saturated carbocycles. The first-order valence-electron chi connectivity index (χ1n) is 4.28. The van der Waals surface area contributed by atoms with E-state index in [4.69, 9.17) is 5.73 Å². The molecule has 11 heavy (non-hydrogen) atoms. The second kappa shape index (κ2) is 4.34. The smallest absolute Gasteiger partial charge is 0.217 e.